The number of rotatable bonds is 19. The molecule has 2 aliphatic heterocycles. The van der Waals surface area contributed by atoms with Crippen LogP contribution in [0.3, 0.4) is 0 Å². The second-order valence-electron chi connectivity index (χ2n) is 19.7. The average molecular weight is 1140 g/mol. The number of carboxylic acids is 1. The second kappa shape index (κ2) is 30.5. The molecule has 2 saturated heterocycles. The number of primary amides is 2. The van der Waals surface area contributed by atoms with Gasteiger partial charge < -0.3 is 75.3 Å². The summed E-state index contributed by atoms with van der Waals surface area (Å²) in [4.78, 5) is 156. The number of hydrogen-bond acceptors (Lipinski definition) is 15. The quantitative estimate of drug-likeness (QED) is 0.0312. The van der Waals surface area contributed by atoms with Crippen LogP contribution in [0.2, 0.25) is 0 Å². The van der Waals surface area contributed by atoms with Gasteiger partial charge >= 0.3 is 5.97 Å². The third kappa shape index (κ3) is 20.3. The zero-order valence-corrected chi connectivity index (χ0v) is 45.2. The minimum Gasteiger partial charge on any atom is -0.508 e. The van der Waals surface area contributed by atoms with Gasteiger partial charge in [0.2, 0.25) is 59.1 Å². The SMILES string of the molecule is NC(=O)CC[C@H]1NC(=O)[C@H](Cc2ccccc2)NC(=O)[C@@H](Cc2ccc(O)cc2)NC(=O)CC2(CCCCC2)SSC[C@@H](C(=O)N2CCC[C@@H]2C(=O)N[C@@H](CCCN=C(N)N)C(=O)NCC(=O)O)NC(=O)[C@H](CC(N)=O)NC1=O. The zero-order chi connectivity index (χ0) is 57.6. The van der Waals surface area contributed by atoms with Crippen molar-refractivity contribution in [3.8, 4) is 5.75 Å². The summed E-state index contributed by atoms with van der Waals surface area (Å²) in [5.74, 6) is -10.4. The van der Waals surface area contributed by atoms with Crippen LogP contribution in [0.15, 0.2) is 59.6 Å². The lowest BCUT2D eigenvalue weighted by Crippen LogP contribution is -2.61. The first-order valence-electron chi connectivity index (χ1n) is 26.0. The molecule has 1 spiro atoms. The Morgan fingerprint density at radius 1 is 0.747 bits per heavy atom. The van der Waals surface area contributed by atoms with E-state index < -0.39 is 138 Å². The van der Waals surface area contributed by atoms with Crippen molar-refractivity contribution in [1.29, 1.82) is 0 Å². The molecule has 2 heterocycles. The van der Waals surface area contributed by atoms with Gasteiger partial charge in [-0.15, -0.1) is 0 Å². The number of carboxylic acid groups (broad SMARTS) is 1. The summed E-state index contributed by atoms with van der Waals surface area (Å²) in [5.41, 5.74) is 23.1. The summed E-state index contributed by atoms with van der Waals surface area (Å²) in [7, 11) is 2.47. The number of nitrogens with two attached hydrogens (primary N) is 4. The fourth-order valence-corrected chi connectivity index (χ4v) is 12.8. The molecule has 0 bridgehead atoms. The Hall–Kier alpha value is -7.62. The topological polar surface area (TPSA) is 432 Å². The van der Waals surface area contributed by atoms with Crippen LogP contribution in [0.1, 0.15) is 94.6 Å². The molecule has 1 aliphatic carbocycles. The van der Waals surface area contributed by atoms with Gasteiger partial charge in [-0.25, -0.2) is 0 Å². The van der Waals surface area contributed by atoms with Crippen molar-refractivity contribution >= 4 is 92.6 Å². The van der Waals surface area contributed by atoms with Gasteiger partial charge in [0.05, 0.1) is 6.42 Å². The van der Waals surface area contributed by atoms with E-state index in [0.717, 1.165) is 30.1 Å². The fourth-order valence-electron chi connectivity index (χ4n) is 9.45. The average Bonchev–Trinajstić information content (AvgIpc) is 3.98. The van der Waals surface area contributed by atoms with E-state index in [1.807, 2.05) is 0 Å². The first-order valence-corrected chi connectivity index (χ1v) is 28.3. The molecule has 2 aromatic rings. The van der Waals surface area contributed by atoms with Crippen LogP contribution in [0, 0.1) is 0 Å². The molecule has 79 heavy (non-hydrogen) atoms. The number of carbonyl (C=O) groups excluding carboxylic acids is 10. The number of amides is 10. The van der Waals surface area contributed by atoms with E-state index in [-0.39, 0.29) is 69.1 Å². The number of phenols is 1. The second-order valence-corrected chi connectivity index (χ2v) is 22.5. The van der Waals surface area contributed by atoms with Gasteiger partial charge in [0.25, 0.3) is 0 Å². The molecule has 3 aliphatic rings. The summed E-state index contributed by atoms with van der Waals surface area (Å²) in [5, 5.41) is 37.4. The largest absolute Gasteiger partial charge is 0.508 e. The third-order valence-corrected chi connectivity index (χ3v) is 16.8. The Kier molecular flexibility index (Phi) is 24.0. The van der Waals surface area contributed by atoms with E-state index in [2.05, 4.69) is 42.2 Å². The predicted molar refractivity (Wildman–Crippen MR) is 292 cm³/mol. The van der Waals surface area contributed by atoms with Crippen molar-refractivity contribution in [2.45, 2.75) is 143 Å². The Labute approximate surface area is 464 Å². The summed E-state index contributed by atoms with van der Waals surface area (Å²) in [6.45, 7) is -0.659. The van der Waals surface area contributed by atoms with Crippen LogP contribution in [0.25, 0.3) is 0 Å². The van der Waals surface area contributed by atoms with Crippen molar-refractivity contribution in [1.82, 2.24) is 42.1 Å². The normalized spacial score (nSPS) is 22.8. The molecule has 10 amide bonds. The monoisotopic (exact) mass is 1140 g/mol. The number of nitrogens with zero attached hydrogens (tertiary/aromatic N) is 2. The van der Waals surface area contributed by atoms with Gasteiger partial charge in [0.1, 0.15) is 54.6 Å². The highest BCUT2D eigenvalue weighted by Gasteiger charge is 2.42. The van der Waals surface area contributed by atoms with E-state index in [1.165, 1.54) is 27.8 Å². The number of aliphatic carboxylic acids is 1. The predicted octanol–water partition coefficient (Wildman–Crippen LogP) is -2.04. The van der Waals surface area contributed by atoms with Gasteiger partial charge in [-0.05, 0) is 68.2 Å². The minimum atomic E-state index is -1.79. The first-order chi connectivity index (χ1) is 37.6. The Morgan fingerprint density at radius 3 is 1.99 bits per heavy atom. The lowest BCUT2D eigenvalue weighted by Gasteiger charge is -2.37. The van der Waals surface area contributed by atoms with E-state index in [1.54, 1.807) is 42.5 Å². The van der Waals surface area contributed by atoms with E-state index >= 15 is 0 Å². The molecule has 0 unspecified atom stereocenters. The summed E-state index contributed by atoms with van der Waals surface area (Å²) in [6.07, 6.45) is 2.03. The molecule has 2 aromatic carbocycles. The number of hydrogen-bond donors (Lipinski definition) is 13. The number of aromatic hydroxyl groups is 1. The van der Waals surface area contributed by atoms with Gasteiger partial charge in [0.15, 0.2) is 5.96 Å². The zero-order valence-electron chi connectivity index (χ0n) is 43.6. The lowest BCUT2D eigenvalue weighted by atomic mass is 9.85. The molecule has 0 aromatic heterocycles. The number of carbonyl (C=O) groups is 11. The van der Waals surface area contributed by atoms with Crippen LogP contribution in [-0.4, -0.2) is 159 Å². The highest BCUT2D eigenvalue weighted by molar-refractivity contribution is 8.77. The third-order valence-electron chi connectivity index (χ3n) is 13.5. The van der Waals surface area contributed by atoms with Crippen molar-refractivity contribution in [3.05, 3.63) is 65.7 Å². The van der Waals surface area contributed by atoms with Crippen LogP contribution in [0.5, 0.6) is 5.75 Å². The summed E-state index contributed by atoms with van der Waals surface area (Å²) >= 11 is 0. The smallest absolute Gasteiger partial charge is 0.322 e. The van der Waals surface area contributed by atoms with Gasteiger partial charge in [-0.2, -0.15) is 0 Å². The Balaban J connectivity index is 1.53. The van der Waals surface area contributed by atoms with Crippen LogP contribution >= 0.6 is 21.6 Å². The van der Waals surface area contributed by atoms with Crippen molar-refractivity contribution < 1.29 is 63.0 Å². The fraction of sp³-hybridized carbons (Fsp3) is 0.529. The van der Waals surface area contributed by atoms with Crippen LogP contribution < -0.4 is 60.2 Å². The maximum atomic E-state index is 14.9. The highest BCUT2D eigenvalue weighted by atomic mass is 33.1. The number of benzene rings is 2. The van der Waals surface area contributed by atoms with E-state index in [9.17, 15) is 63.0 Å². The van der Waals surface area contributed by atoms with Crippen molar-refractivity contribution in [3.63, 3.8) is 0 Å². The van der Waals surface area contributed by atoms with E-state index in [0.29, 0.717) is 30.4 Å². The molecule has 7 atom stereocenters. The number of phenolic OH excluding ortho intramolecular Hbond substituents is 1. The minimum absolute atomic E-state index is 0.0123. The lowest BCUT2D eigenvalue weighted by molar-refractivity contribution is -0.142. The maximum absolute atomic E-state index is 14.9. The van der Waals surface area contributed by atoms with Gasteiger partial charge in [-0.1, -0.05) is 83.3 Å². The molecule has 26 nitrogen and oxygen atoms in total. The molecule has 3 fully saturated rings. The standard InChI is InChI=1S/C51H71N13O13S2/c52-39(66)18-17-33-44(72)62-36(25-40(53)67)47(75)63-37(49(77)64-22-8-12-38(64)48(76)60-32(11-7-21-56-50(54)55)43(71)57-27-42(69)70)28-78-79-51(19-5-2-6-20-51)26-41(68)58-34(24-30-13-15-31(65)16-14-30)45(73)61-35(46(74)59-33)23-29-9-3-1-4-10-29/h1,3-4,9-10,13-16,32-38,65H,2,5-8,11-12,17-28H2,(H2,52,66)(H2,53,67)(H,57,71)(H,58,68)(H,59,74)(H,60,76)(H,61,73)(H,62,72)(H,63,75)(H,69,70)(H4,54,55,56)/t32-,33+,34+,35-,36-,37-,38+/m0/s1. The molecule has 1 saturated carbocycles. The molecule has 5 rings (SSSR count). The Bertz CT molecular complexity index is 2550. The first kappa shape index (κ1) is 62.2. The molecular weight excluding hydrogens is 1070 g/mol. The number of guanidine groups is 1. The van der Waals surface area contributed by atoms with Gasteiger partial charge in [-0.3, -0.25) is 57.7 Å². The van der Waals surface area contributed by atoms with Crippen LogP contribution in [0.4, 0.5) is 0 Å². The Morgan fingerprint density at radius 2 is 1.35 bits per heavy atom. The van der Waals surface area contributed by atoms with Crippen molar-refractivity contribution in [2.75, 3.05) is 25.4 Å². The number of aliphatic imine (C=N–C) groups is 1. The highest BCUT2D eigenvalue weighted by Crippen LogP contribution is 2.48. The number of likely N-dealkylation sites (tertiary alicyclic amines) is 1. The number of nitrogens with one attached hydrogen (secondary N) is 7. The molecule has 430 valence electrons. The van der Waals surface area contributed by atoms with Gasteiger partial charge in [0, 0.05) is 49.3 Å². The maximum Gasteiger partial charge on any atom is 0.322 e. The summed E-state index contributed by atoms with van der Waals surface area (Å²) in [6, 6.07) is 4.52. The van der Waals surface area contributed by atoms with Crippen molar-refractivity contribution in [2.24, 2.45) is 27.9 Å². The molecule has 0 radical (unpaired) electrons. The molecule has 28 heteroatoms. The van der Waals surface area contributed by atoms with E-state index in [4.69, 9.17) is 22.9 Å². The molecule has 17 N–H and O–H groups in total. The summed E-state index contributed by atoms with van der Waals surface area (Å²) < 4.78 is -0.767. The molecular formula is C51H71N13O13S2. The van der Waals surface area contributed by atoms with Crippen LogP contribution in [-0.2, 0) is 65.6 Å².